The Kier molecular flexibility index (Phi) is 50.2. The van der Waals surface area contributed by atoms with Gasteiger partial charge in [0.2, 0.25) is 0 Å². The summed E-state index contributed by atoms with van der Waals surface area (Å²) in [4.78, 5) is 35.6. The van der Waals surface area contributed by atoms with Gasteiger partial charge in [0.25, 0.3) is 0 Å². The summed E-state index contributed by atoms with van der Waals surface area (Å²) in [5.41, 5.74) is 0. The van der Waals surface area contributed by atoms with Crippen molar-refractivity contribution < 1.29 is 42.1 Å². The normalized spacial score (nSPS) is 13.2. The molecule has 10 heteroatoms. The van der Waals surface area contributed by atoms with E-state index < -0.39 is 26.5 Å². The monoisotopic (exact) mass is 987 g/mol. The van der Waals surface area contributed by atoms with Gasteiger partial charge in [0, 0.05) is 12.8 Å². The maximum absolute atomic E-state index is 12.7. The Morgan fingerprint density at radius 2 is 0.662 bits per heavy atom. The fraction of sp³-hybridized carbons (Fsp3) is 0.966. The predicted octanol–water partition coefficient (Wildman–Crippen LogP) is 18.3. The van der Waals surface area contributed by atoms with Crippen LogP contribution in [0.1, 0.15) is 309 Å². The summed E-state index contributed by atoms with van der Waals surface area (Å²) in [6, 6.07) is 0. The lowest BCUT2D eigenvalue weighted by Crippen LogP contribution is -2.37. The van der Waals surface area contributed by atoms with E-state index >= 15 is 0 Å². The van der Waals surface area contributed by atoms with Gasteiger partial charge in [-0.05, 0) is 12.8 Å². The number of esters is 2. The van der Waals surface area contributed by atoms with Crippen molar-refractivity contribution >= 4 is 19.8 Å². The number of likely N-dealkylation sites (N-methyl/N-ethyl adjacent to an activating group) is 1. The van der Waals surface area contributed by atoms with Crippen LogP contribution in [0.25, 0.3) is 0 Å². The molecule has 0 aromatic heterocycles. The topological polar surface area (TPSA) is 108 Å². The third kappa shape index (κ3) is 54.3. The van der Waals surface area contributed by atoms with Crippen LogP contribution in [0.2, 0.25) is 0 Å². The molecular weight excluding hydrogens is 870 g/mol. The fourth-order valence-electron chi connectivity index (χ4n) is 9.02. The third-order valence-corrected chi connectivity index (χ3v) is 14.6. The zero-order valence-corrected chi connectivity index (χ0v) is 47.0. The standard InChI is InChI=1S/C58H116NO8P/c1-6-8-10-12-14-16-18-20-21-22-23-24-25-26-27-28-29-30-31-32-33-34-35-36-37-39-40-42-44-46-48-50-57(60)64-54-56(55-66-68(62,63)65-53-52-59(3,4)5)67-58(61)51-49-47-45-43-41-38-19-17-15-13-11-9-7-2/h56H,6-55H2,1-5H3/p+1/t56-/m1/s1. The maximum Gasteiger partial charge on any atom is 0.472 e. The molecule has 0 amide bonds. The lowest BCUT2D eigenvalue weighted by molar-refractivity contribution is -0.870. The van der Waals surface area contributed by atoms with Crippen LogP contribution in [0, 0.1) is 0 Å². The van der Waals surface area contributed by atoms with Gasteiger partial charge in [-0.15, -0.1) is 0 Å². The van der Waals surface area contributed by atoms with E-state index in [9.17, 15) is 19.0 Å². The van der Waals surface area contributed by atoms with E-state index in [2.05, 4.69) is 13.8 Å². The summed E-state index contributed by atoms with van der Waals surface area (Å²) >= 11 is 0. The zero-order chi connectivity index (χ0) is 49.9. The van der Waals surface area contributed by atoms with Crippen LogP contribution < -0.4 is 0 Å². The second-order valence-corrected chi connectivity index (χ2v) is 23.2. The van der Waals surface area contributed by atoms with E-state index in [4.69, 9.17) is 18.5 Å². The van der Waals surface area contributed by atoms with Gasteiger partial charge >= 0.3 is 19.8 Å². The maximum atomic E-state index is 12.7. The first-order valence-corrected chi connectivity index (χ1v) is 31.3. The summed E-state index contributed by atoms with van der Waals surface area (Å²) in [5.74, 6) is -0.776. The Hall–Kier alpha value is -0.990. The first-order chi connectivity index (χ1) is 33.0. The quantitative estimate of drug-likeness (QED) is 0.0278. The molecule has 1 N–H and O–H groups in total. The molecule has 1 unspecified atom stereocenters. The second-order valence-electron chi connectivity index (χ2n) is 21.8. The Labute approximate surface area is 423 Å². The van der Waals surface area contributed by atoms with Crippen molar-refractivity contribution in [3.05, 3.63) is 0 Å². The lowest BCUT2D eigenvalue weighted by Gasteiger charge is -2.24. The molecule has 9 nitrogen and oxygen atoms in total. The van der Waals surface area contributed by atoms with E-state index in [0.29, 0.717) is 17.4 Å². The highest BCUT2D eigenvalue weighted by atomic mass is 31.2. The van der Waals surface area contributed by atoms with Crippen molar-refractivity contribution in [1.29, 1.82) is 0 Å². The first-order valence-electron chi connectivity index (χ1n) is 29.8. The van der Waals surface area contributed by atoms with Crippen LogP contribution in [0.3, 0.4) is 0 Å². The zero-order valence-electron chi connectivity index (χ0n) is 46.1. The van der Waals surface area contributed by atoms with E-state index in [0.717, 1.165) is 38.5 Å². The largest absolute Gasteiger partial charge is 0.472 e. The minimum atomic E-state index is -4.37. The molecule has 406 valence electrons. The van der Waals surface area contributed by atoms with Gasteiger partial charge in [-0.1, -0.05) is 284 Å². The highest BCUT2D eigenvalue weighted by Gasteiger charge is 2.27. The first kappa shape index (κ1) is 67.0. The number of carbonyl (C=O) groups is 2. The average molecular weight is 988 g/mol. The molecule has 0 aliphatic rings. The van der Waals surface area contributed by atoms with Crippen molar-refractivity contribution in [3.8, 4) is 0 Å². The number of carbonyl (C=O) groups excluding carboxylic acids is 2. The van der Waals surface area contributed by atoms with Gasteiger partial charge in [-0.25, -0.2) is 4.57 Å². The summed E-state index contributed by atoms with van der Waals surface area (Å²) < 4.78 is 34.5. The van der Waals surface area contributed by atoms with E-state index in [-0.39, 0.29) is 25.6 Å². The molecule has 0 saturated carbocycles. The minimum absolute atomic E-state index is 0.0372. The number of hydrogen-bond donors (Lipinski definition) is 1. The lowest BCUT2D eigenvalue weighted by atomic mass is 10.0. The van der Waals surface area contributed by atoms with Gasteiger partial charge in [0.05, 0.1) is 27.7 Å². The number of hydrogen-bond acceptors (Lipinski definition) is 7. The Morgan fingerprint density at radius 1 is 0.397 bits per heavy atom. The molecule has 68 heavy (non-hydrogen) atoms. The molecule has 0 spiro atoms. The van der Waals surface area contributed by atoms with Crippen molar-refractivity contribution in [3.63, 3.8) is 0 Å². The van der Waals surface area contributed by atoms with Crippen molar-refractivity contribution in [2.75, 3.05) is 47.5 Å². The summed E-state index contributed by atoms with van der Waals surface area (Å²) in [7, 11) is 1.50. The molecule has 0 saturated heterocycles. The molecule has 0 aliphatic heterocycles. The third-order valence-electron chi connectivity index (χ3n) is 13.6. The molecule has 0 heterocycles. The highest BCUT2D eigenvalue weighted by Crippen LogP contribution is 2.43. The highest BCUT2D eigenvalue weighted by molar-refractivity contribution is 7.47. The number of ether oxygens (including phenoxy) is 2. The predicted molar refractivity (Wildman–Crippen MR) is 289 cm³/mol. The summed E-state index contributed by atoms with van der Waals surface area (Å²) in [6.07, 6.45) is 57.7. The van der Waals surface area contributed by atoms with E-state index in [1.165, 1.54) is 244 Å². The van der Waals surface area contributed by atoms with E-state index in [1.807, 2.05) is 21.1 Å². The van der Waals surface area contributed by atoms with Crippen LogP contribution in [0.5, 0.6) is 0 Å². The fourth-order valence-corrected chi connectivity index (χ4v) is 9.76. The number of rotatable bonds is 56. The molecule has 0 bridgehead atoms. The molecule has 0 aliphatic carbocycles. The number of phosphoric ester groups is 1. The Bertz CT molecular complexity index is 1120. The molecule has 0 radical (unpaired) electrons. The molecular formula is C58H117NO8P+. The van der Waals surface area contributed by atoms with Crippen molar-refractivity contribution in [1.82, 2.24) is 0 Å². The van der Waals surface area contributed by atoms with Gasteiger partial charge in [-0.2, -0.15) is 0 Å². The number of unbranched alkanes of at least 4 members (excludes halogenated alkanes) is 42. The van der Waals surface area contributed by atoms with Gasteiger partial charge in [0.1, 0.15) is 19.8 Å². The van der Waals surface area contributed by atoms with Crippen LogP contribution in [0.4, 0.5) is 0 Å². The molecule has 0 aromatic carbocycles. The van der Waals surface area contributed by atoms with Crippen molar-refractivity contribution in [2.24, 2.45) is 0 Å². The Balaban J connectivity index is 3.93. The van der Waals surface area contributed by atoms with Gasteiger partial charge in [-0.3, -0.25) is 18.6 Å². The number of nitrogens with zero attached hydrogens (tertiary/aromatic N) is 1. The molecule has 0 rings (SSSR count). The van der Waals surface area contributed by atoms with Crippen LogP contribution in [0.15, 0.2) is 0 Å². The van der Waals surface area contributed by atoms with E-state index in [1.54, 1.807) is 0 Å². The van der Waals surface area contributed by atoms with Crippen LogP contribution in [-0.4, -0.2) is 74.9 Å². The Morgan fingerprint density at radius 3 is 0.941 bits per heavy atom. The number of quaternary nitrogens is 1. The second kappa shape index (κ2) is 50.9. The summed E-state index contributed by atoms with van der Waals surface area (Å²) in [6.45, 7) is 4.49. The minimum Gasteiger partial charge on any atom is -0.462 e. The number of phosphoric acid groups is 1. The molecule has 2 atom stereocenters. The SMILES string of the molecule is CCCCCCCCCCCCCCCCCCCCCCCCCCCCCCCCCC(=O)OC[C@H](COP(=O)(O)OCC[N+](C)(C)C)OC(=O)CCCCCCCCCCCCCCC. The van der Waals surface area contributed by atoms with Gasteiger partial charge < -0.3 is 18.9 Å². The molecule has 0 fully saturated rings. The average Bonchev–Trinajstić information content (AvgIpc) is 3.30. The van der Waals surface area contributed by atoms with Crippen molar-refractivity contribution in [2.45, 2.75) is 315 Å². The molecule has 0 aromatic rings. The van der Waals surface area contributed by atoms with Crippen LogP contribution >= 0.6 is 7.82 Å². The van der Waals surface area contributed by atoms with Gasteiger partial charge in [0.15, 0.2) is 6.10 Å². The smallest absolute Gasteiger partial charge is 0.462 e. The summed E-state index contributed by atoms with van der Waals surface area (Å²) in [5, 5.41) is 0. The van der Waals surface area contributed by atoms with Crippen LogP contribution in [-0.2, 0) is 32.7 Å².